The smallest absolute Gasteiger partial charge is 0.103 e. The summed E-state index contributed by atoms with van der Waals surface area (Å²) in [6, 6.07) is 0. The summed E-state index contributed by atoms with van der Waals surface area (Å²) in [6.45, 7) is 11.0. The molecule has 1 aliphatic carbocycles. The fraction of sp³-hybridized carbons (Fsp3) is 1.00. The number of ether oxygens (including phenoxy) is 1. The fourth-order valence-electron chi connectivity index (χ4n) is 4.78. The van der Waals surface area contributed by atoms with Crippen LogP contribution in [0, 0.1) is 11.3 Å². The van der Waals surface area contributed by atoms with E-state index in [1.54, 1.807) is 0 Å². The summed E-state index contributed by atoms with van der Waals surface area (Å²) in [5, 5.41) is 11.5. The van der Waals surface area contributed by atoms with Crippen LogP contribution in [0.3, 0.4) is 0 Å². The summed E-state index contributed by atoms with van der Waals surface area (Å²) >= 11 is 0. The molecule has 1 saturated heterocycles. The number of hydrogen-bond acceptors (Lipinski definition) is 3. The summed E-state index contributed by atoms with van der Waals surface area (Å²) < 4.78 is 6.15. The molecule has 0 amide bonds. The molecule has 3 heteroatoms. The Morgan fingerprint density at radius 1 is 1.26 bits per heavy atom. The van der Waals surface area contributed by atoms with Gasteiger partial charge in [-0.1, -0.05) is 13.3 Å². The highest BCUT2D eigenvalue weighted by molar-refractivity contribution is 5.17. The predicted octanol–water partition coefficient (Wildman–Crippen LogP) is 2.85. The van der Waals surface area contributed by atoms with Gasteiger partial charge in [-0.2, -0.15) is 0 Å². The van der Waals surface area contributed by atoms with Crippen LogP contribution in [0.5, 0.6) is 0 Å². The molecule has 0 aromatic heterocycles. The maximum atomic E-state index is 11.5. The quantitative estimate of drug-likeness (QED) is 0.828. The third-order valence-corrected chi connectivity index (χ3v) is 5.76. The average Bonchev–Trinajstić information content (AvgIpc) is 2.77. The van der Waals surface area contributed by atoms with Crippen molar-refractivity contribution in [3.05, 3.63) is 0 Å². The Labute approximate surface area is 117 Å². The molecule has 0 radical (unpaired) electrons. The molecule has 112 valence electrons. The second-order valence-electron chi connectivity index (χ2n) is 7.91. The SMILES string of the molecule is CCC1CCC(CN)(C2(O)CC(C)(C)OC2(C)C)C1. The molecule has 1 aliphatic heterocycles. The van der Waals surface area contributed by atoms with E-state index < -0.39 is 11.2 Å². The lowest BCUT2D eigenvalue weighted by molar-refractivity contribution is -0.176. The van der Waals surface area contributed by atoms with Crippen molar-refractivity contribution >= 4 is 0 Å². The molecule has 2 fully saturated rings. The highest BCUT2D eigenvalue weighted by Crippen LogP contribution is 2.60. The molecule has 1 heterocycles. The van der Waals surface area contributed by atoms with Crippen molar-refractivity contribution in [3.8, 4) is 0 Å². The van der Waals surface area contributed by atoms with Crippen molar-refractivity contribution in [2.45, 2.75) is 83.5 Å². The van der Waals surface area contributed by atoms with Crippen LogP contribution in [0.25, 0.3) is 0 Å². The van der Waals surface area contributed by atoms with Gasteiger partial charge in [0.25, 0.3) is 0 Å². The Morgan fingerprint density at radius 2 is 1.89 bits per heavy atom. The normalized spacial score (nSPS) is 44.7. The van der Waals surface area contributed by atoms with Gasteiger partial charge in [0.2, 0.25) is 0 Å². The van der Waals surface area contributed by atoms with Gasteiger partial charge in [-0.25, -0.2) is 0 Å². The van der Waals surface area contributed by atoms with E-state index in [9.17, 15) is 5.11 Å². The first kappa shape index (κ1) is 15.3. The monoisotopic (exact) mass is 269 g/mol. The number of rotatable bonds is 3. The van der Waals surface area contributed by atoms with E-state index in [-0.39, 0.29) is 11.0 Å². The topological polar surface area (TPSA) is 55.5 Å². The first-order valence-electron chi connectivity index (χ1n) is 7.74. The van der Waals surface area contributed by atoms with Gasteiger partial charge in [0.1, 0.15) is 5.60 Å². The van der Waals surface area contributed by atoms with Crippen LogP contribution < -0.4 is 5.73 Å². The van der Waals surface area contributed by atoms with Crippen LogP contribution in [-0.4, -0.2) is 28.5 Å². The fourth-order valence-corrected chi connectivity index (χ4v) is 4.78. The molecule has 1 saturated carbocycles. The molecule has 3 atom stereocenters. The van der Waals surface area contributed by atoms with Gasteiger partial charge in [-0.3, -0.25) is 0 Å². The van der Waals surface area contributed by atoms with Gasteiger partial charge in [0, 0.05) is 18.4 Å². The molecule has 0 spiro atoms. The third kappa shape index (κ3) is 2.14. The Hall–Kier alpha value is -0.120. The maximum absolute atomic E-state index is 11.5. The van der Waals surface area contributed by atoms with E-state index >= 15 is 0 Å². The van der Waals surface area contributed by atoms with Crippen molar-refractivity contribution in [1.82, 2.24) is 0 Å². The average molecular weight is 269 g/mol. The lowest BCUT2D eigenvalue weighted by Crippen LogP contribution is -2.60. The van der Waals surface area contributed by atoms with Crippen LogP contribution in [-0.2, 0) is 4.74 Å². The summed E-state index contributed by atoms with van der Waals surface area (Å²) in [6.07, 6.45) is 5.12. The largest absolute Gasteiger partial charge is 0.386 e. The van der Waals surface area contributed by atoms with Crippen LogP contribution >= 0.6 is 0 Å². The van der Waals surface area contributed by atoms with Crippen molar-refractivity contribution in [2.24, 2.45) is 17.1 Å². The lowest BCUT2D eigenvalue weighted by Gasteiger charge is -2.49. The van der Waals surface area contributed by atoms with Crippen molar-refractivity contribution in [2.75, 3.05) is 6.54 Å². The minimum atomic E-state index is -0.817. The highest BCUT2D eigenvalue weighted by atomic mass is 16.5. The molecule has 3 N–H and O–H groups in total. The first-order valence-corrected chi connectivity index (χ1v) is 7.74. The molecule has 2 aliphatic rings. The summed E-state index contributed by atoms with van der Waals surface area (Å²) in [5.74, 6) is 0.701. The molecular formula is C16H31NO2. The third-order valence-electron chi connectivity index (χ3n) is 5.76. The standard InChI is InChI=1S/C16H31NO2/c1-6-12-7-8-15(9-12,11-17)16(18)10-13(2,3)19-14(16,4)5/h12,18H,6-11,17H2,1-5H3. The Bertz CT molecular complexity index is 353. The zero-order chi connectivity index (χ0) is 14.5. The zero-order valence-electron chi connectivity index (χ0n) is 13.3. The molecule has 0 aromatic carbocycles. The van der Waals surface area contributed by atoms with Crippen molar-refractivity contribution in [3.63, 3.8) is 0 Å². The second kappa shape index (κ2) is 4.44. The Morgan fingerprint density at radius 3 is 2.26 bits per heavy atom. The van der Waals surface area contributed by atoms with Gasteiger partial charge in [0.15, 0.2) is 0 Å². The van der Waals surface area contributed by atoms with Gasteiger partial charge in [-0.15, -0.1) is 0 Å². The minimum absolute atomic E-state index is 0.176. The van der Waals surface area contributed by atoms with E-state index in [2.05, 4.69) is 20.8 Å². The van der Waals surface area contributed by atoms with Crippen LogP contribution in [0.4, 0.5) is 0 Å². The molecule has 0 bridgehead atoms. The van der Waals surface area contributed by atoms with Gasteiger partial charge < -0.3 is 15.6 Å². The number of nitrogens with two attached hydrogens (primary N) is 1. The van der Waals surface area contributed by atoms with E-state index in [0.717, 1.165) is 12.8 Å². The maximum Gasteiger partial charge on any atom is 0.103 e. The van der Waals surface area contributed by atoms with Gasteiger partial charge in [0.05, 0.1) is 11.2 Å². The zero-order valence-corrected chi connectivity index (χ0v) is 13.3. The van der Waals surface area contributed by atoms with Gasteiger partial charge >= 0.3 is 0 Å². The Kier molecular flexibility index (Phi) is 3.57. The molecule has 3 unspecified atom stereocenters. The lowest BCUT2D eigenvalue weighted by atomic mass is 9.61. The second-order valence-corrected chi connectivity index (χ2v) is 7.91. The highest BCUT2D eigenvalue weighted by Gasteiger charge is 2.66. The van der Waals surface area contributed by atoms with Gasteiger partial charge in [-0.05, 0) is 52.9 Å². The van der Waals surface area contributed by atoms with E-state index in [1.807, 2.05) is 13.8 Å². The summed E-state index contributed by atoms with van der Waals surface area (Å²) in [7, 11) is 0. The number of aliphatic hydroxyl groups is 1. The number of hydrogen-bond donors (Lipinski definition) is 2. The van der Waals surface area contributed by atoms with Crippen molar-refractivity contribution < 1.29 is 9.84 Å². The molecular weight excluding hydrogens is 238 g/mol. The summed E-state index contributed by atoms with van der Waals surface area (Å²) in [4.78, 5) is 0. The van der Waals surface area contributed by atoms with E-state index in [1.165, 1.54) is 12.8 Å². The van der Waals surface area contributed by atoms with Crippen molar-refractivity contribution in [1.29, 1.82) is 0 Å². The van der Waals surface area contributed by atoms with Crippen LogP contribution in [0.15, 0.2) is 0 Å². The van der Waals surface area contributed by atoms with E-state index in [0.29, 0.717) is 18.9 Å². The van der Waals surface area contributed by atoms with Crippen LogP contribution in [0.2, 0.25) is 0 Å². The molecule has 2 rings (SSSR count). The first-order chi connectivity index (χ1) is 8.61. The molecule has 3 nitrogen and oxygen atoms in total. The Balaban J connectivity index is 2.37. The van der Waals surface area contributed by atoms with Crippen LogP contribution in [0.1, 0.15) is 66.7 Å². The molecule has 19 heavy (non-hydrogen) atoms. The van der Waals surface area contributed by atoms with E-state index in [4.69, 9.17) is 10.5 Å². The minimum Gasteiger partial charge on any atom is -0.386 e. The summed E-state index contributed by atoms with van der Waals surface area (Å²) in [5.41, 5.74) is 4.35. The predicted molar refractivity (Wildman–Crippen MR) is 77.9 cm³/mol. The molecule has 0 aromatic rings.